The first-order valence-electron chi connectivity index (χ1n) is 8.59. The van der Waals surface area contributed by atoms with E-state index in [0.717, 1.165) is 22.9 Å². The molecule has 0 aliphatic carbocycles. The number of hydrogen-bond acceptors (Lipinski definition) is 6. The lowest BCUT2D eigenvalue weighted by molar-refractivity contribution is 0.271. The van der Waals surface area contributed by atoms with E-state index in [9.17, 15) is 0 Å². The number of furan rings is 1. The third-order valence-corrected chi connectivity index (χ3v) is 4.50. The quantitative estimate of drug-likeness (QED) is 0.498. The van der Waals surface area contributed by atoms with Crippen molar-refractivity contribution in [2.24, 2.45) is 7.05 Å². The van der Waals surface area contributed by atoms with Crippen LogP contribution in [0.15, 0.2) is 47.0 Å². The van der Waals surface area contributed by atoms with E-state index >= 15 is 0 Å². The number of aromatic nitrogens is 5. The third-order valence-electron chi connectivity index (χ3n) is 4.22. The Morgan fingerprint density at radius 1 is 1.14 bits per heavy atom. The van der Waals surface area contributed by atoms with Gasteiger partial charge in [0.25, 0.3) is 0 Å². The fraction of sp³-hybridized carbons (Fsp3) is 0.211. The molecular weight excluding hydrogens is 378 g/mol. The number of nitrogens with zero attached hydrogens (tertiary/aromatic N) is 4. The Labute approximate surface area is 166 Å². The number of nitrogens with one attached hydrogen (secondary N) is 1. The zero-order valence-corrected chi connectivity index (χ0v) is 16.5. The lowest BCUT2D eigenvalue weighted by Gasteiger charge is -2.05. The van der Waals surface area contributed by atoms with E-state index in [1.807, 2.05) is 61.1 Å². The molecule has 4 rings (SSSR count). The minimum Gasteiger partial charge on any atom is -0.497 e. The van der Waals surface area contributed by atoms with Gasteiger partial charge >= 0.3 is 0 Å². The van der Waals surface area contributed by atoms with Crippen molar-refractivity contribution in [1.82, 2.24) is 24.5 Å². The number of rotatable bonds is 6. The Morgan fingerprint density at radius 2 is 1.89 bits per heavy atom. The van der Waals surface area contributed by atoms with Crippen LogP contribution >= 0.6 is 12.2 Å². The third kappa shape index (κ3) is 3.44. The topological polar surface area (TPSA) is 83.0 Å². The fourth-order valence-corrected chi connectivity index (χ4v) is 3.12. The Morgan fingerprint density at radius 3 is 2.57 bits per heavy atom. The van der Waals surface area contributed by atoms with E-state index in [1.54, 1.807) is 11.8 Å². The van der Waals surface area contributed by atoms with Gasteiger partial charge in [0.1, 0.15) is 23.9 Å². The SMILES string of the molecule is COc1ccc(OCc2ccc(-c3n[nH]c(=S)n3-c3cn(C)nc3C)o2)cc1. The molecule has 0 atom stereocenters. The molecule has 1 aromatic carbocycles. The summed E-state index contributed by atoms with van der Waals surface area (Å²) in [7, 11) is 3.49. The number of aromatic amines is 1. The maximum atomic E-state index is 5.93. The Bertz CT molecular complexity index is 1150. The maximum Gasteiger partial charge on any atom is 0.203 e. The second-order valence-corrected chi connectivity index (χ2v) is 6.58. The fourth-order valence-electron chi connectivity index (χ4n) is 2.89. The van der Waals surface area contributed by atoms with Crippen LogP contribution in [-0.4, -0.2) is 31.7 Å². The first kappa shape index (κ1) is 18.1. The molecule has 0 saturated carbocycles. The van der Waals surface area contributed by atoms with E-state index < -0.39 is 0 Å². The molecule has 3 aromatic heterocycles. The largest absolute Gasteiger partial charge is 0.497 e. The van der Waals surface area contributed by atoms with E-state index in [2.05, 4.69) is 15.3 Å². The molecule has 1 N–H and O–H groups in total. The van der Waals surface area contributed by atoms with E-state index in [-0.39, 0.29) is 0 Å². The molecule has 0 aliphatic rings. The van der Waals surface area contributed by atoms with Crippen molar-refractivity contribution < 1.29 is 13.9 Å². The van der Waals surface area contributed by atoms with Crippen molar-refractivity contribution in [2.75, 3.05) is 7.11 Å². The van der Waals surface area contributed by atoms with Gasteiger partial charge in [0.05, 0.1) is 18.5 Å². The van der Waals surface area contributed by atoms with E-state index in [1.165, 1.54) is 0 Å². The normalized spacial score (nSPS) is 11.0. The average Bonchev–Trinajstić information content (AvgIpc) is 3.39. The summed E-state index contributed by atoms with van der Waals surface area (Å²) in [5.74, 6) is 3.35. The highest BCUT2D eigenvalue weighted by molar-refractivity contribution is 7.71. The molecule has 0 amide bonds. The summed E-state index contributed by atoms with van der Waals surface area (Å²) >= 11 is 5.40. The molecule has 0 radical (unpaired) electrons. The molecule has 0 aliphatic heterocycles. The van der Waals surface area contributed by atoms with Gasteiger partial charge in [-0.05, 0) is 55.5 Å². The van der Waals surface area contributed by atoms with Crippen LogP contribution in [0.1, 0.15) is 11.5 Å². The monoisotopic (exact) mass is 397 g/mol. The van der Waals surface area contributed by atoms with Crippen molar-refractivity contribution >= 4 is 12.2 Å². The second kappa shape index (κ2) is 7.35. The van der Waals surface area contributed by atoms with Crippen LogP contribution in [0.3, 0.4) is 0 Å². The first-order valence-corrected chi connectivity index (χ1v) is 9.00. The molecule has 4 aromatic rings. The van der Waals surface area contributed by atoms with Crippen molar-refractivity contribution in [1.29, 1.82) is 0 Å². The second-order valence-electron chi connectivity index (χ2n) is 6.19. The molecule has 0 fully saturated rings. The highest BCUT2D eigenvalue weighted by Gasteiger charge is 2.17. The summed E-state index contributed by atoms with van der Waals surface area (Å²) in [4.78, 5) is 0. The highest BCUT2D eigenvalue weighted by atomic mass is 32.1. The molecule has 3 heterocycles. The van der Waals surface area contributed by atoms with Crippen LogP contribution in [0.25, 0.3) is 17.3 Å². The molecule has 8 nitrogen and oxygen atoms in total. The summed E-state index contributed by atoms with van der Waals surface area (Å²) < 4.78 is 20.9. The molecule has 28 heavy (non-hydrogen) atoms. The summed E-state index contributed by atoms with van der Waals surface area (Å²) in [6.45, 7) is 2.22. The molecule has 144 valence electrons. The predicted molar refractivity (Wildman–Crippen MR) is 105 cm³/mol. The van der Waals surface area contributed by atoms with Gasteiger partial charge < -0.3 is 13.9 Å². The standard InChI is InChI=1S/C19H19N5O3S/c1-12-16(10-23(2)22-12)24-18(20-21-19(24)28)17-9-8-15(27-17)11-26-14-6-4-13(25-3)5-7-14/h4-10H,11H2,1-3H3,(H,21,28). The average molecular weight is 397 g/mol. The van der Waals surface area contributed by atoms with Crippen LogP contribution in [0.5, 0.6) is 11.5 Å². The highest BCUT2D eigenvalue weighted by Crippen LogP contribution is 2.26. The lowest BCUT2D eigenvalue weighted by atomic mass is 10.3. The van der Waals surface area contributed by atoms with Crippen molar-refractivity contribution in [3.63, 3.8) is 0 Å². The van der Waals surface area contributed by atoms with Crippen molar-refractivity contribution in [3.05, 3.63) is 58.8 Å². The van der Waals surface area contributed by atoms with Gasteiger partial charge in [-0.15, -0.1) is 0 Å². The summed E-state index contributed by atoms with van der Waals surface area (Å²) in [6, 6.07) is 11.1. The maximum absolute atomic E-state index is 5.93. The molecule has 0 spiro atoms. The van der Waals surface area contributed by atoms with Gasteiger partial charge in [-0.2, -0.15) is 10.2 Å². The van der Waals surface area contributed by atoms with Gasteiger partial charge in [-0.25, -0.2) is 0 Å². The Kier molecular flexibility index (Phi) is 4.74. The number of aryl methyl sites for hydroxylation is 2. The molecular formula is C19H19N5O3S. The van der Waals surface area contributed by atoms with Gasteiger partial charge in [0, 0.05) is 13.2 Å². The number of ether oxygens (including phenoxy) is 2. The Hall–Kier alpha value is -3.33. The van der Waals surface area contributed by atoms with Gasteiger partial charge in [0.15, 0.2) is 10.5 Å². The van der Waals surface area contributed by atoms with Gasteiger partial charge in [-0.3, -0.25) is 14.3 Å². The van der Waals surface area contributed by atoms with Gasteiger partial charge in [0.2, 0.25) is 5.82 Å². The number of benzene rings is 1. The van der Waals surface area contributed by atoms with Crippen LogP contribution in [-0.2, 0) is 13.7 Å². The zero-order valence-electron chi connectivity index (χ0n) is 15.7. The van der Waals surface area contributed by atoms with Crippen LogP contribution in [0.4, 0.5) is 0 Å². The smallest absolute Gasteiger partial charge is 0.203 e. The number of methoxy groups -OCH3 is 1. The van der Waals surface area contributed by atoms with E-state index in [0.29, 0.717) is 28.7 Å². The first-order chi connectivity index (χ1) is 13.5. The molecule has 0 saturated heterocycles. The van der Waals surface area contributed by atoms with E-state index in [4.69, 9.17) is 26.1 Å². The minimum atomic E-state index is 0.295. The van der Waals surface area contributed by atoms with Crippen LogP contribution in [0.2, 0.25) is 0 Å². The predicted octanol–water partition coefficient (Wildman–Crippen LogP) is 3.82. The molecule has 9 heteroatoms. The minimum absolute atomic E-state index is 0.295. The summed E-state index contributed by atoms with van der Waals surface area (Å²) in [5, 5.41) is 11.5. The number of H-pyrrole nitrogens is 1. The van der Waals surface area contributed by atoms with Crippen molar-refractivity contribution in [2.45, 2.75) is 13.5 Å². The summed E-state index contributed by atoms with van der Waals surface area (Å²) in [6.07, 6.45) is 1.89. The van der Waals surface area contributed by atoms with Crippen LogP contribution < -0.4 is 9.47 Å². The molecule has 0 unspecified atom stereocenters. The number of hydrogen-bond donors (Lipinski definition) is 1. The lowest BCUT2D eigenvalue weighted by Crippen LogP contribution is -1.98. The molecule has 0 bridgehead atoms. The zero-order chi connectivity index (χ0) is 19.7. The van der Waals surface area contributed by atoms with Crippen molar-refractivity contribution in [3.8, 4) is 28.8 Å². The van der Waals surface area contributed by atoms with Crippen LogP contribution in [0, 0.1) is 11.7 Å². The summed E-state index contributed by atoms with van der Waals surface area (Å²) in [5.41, 5.74) is 1.69. The van der Waals surface area contributed by atoms with Gasteiger partial charge in [-0.1, -0.05) is 0 Å². The Balaban J connectivity index is 1.56.